The first-order valence-corrected chi connectivity index (χ1v) is 8.73. The zero-order chi connectivity index (χ0) is 17.4. The molecular weight excluding hydrogens is 325 g/mol. The van der Waals surface area contributed by atoms with Crippen LogP contribution in [0.5, 0.6) is 0 Å². The Kier molecular flexibility index (Phi) is 7.03. The lowest BCUT2D eigenvalue weighted by atomic mass is 10.1. The first-order chi connectivity index (χ1) is 11.6. The van der Waals surface area contributed by atoms with Crippen LogP contribution in [0.2, 0.25) is 0 Å². The van der Waals surface area contributed by atoms with Gasteiger partial charge in [-0.1, -0.05) is 24.3 Å². The maximum Gasteiger partial charge on any atom is 0.244 e. The second kappa shape index (κ2) is 9.25. The minimum atomic E-state index is -0.390. The molecule has 126 valence electrons. The van der Waals surface area contributed by atoms with Gasteiger partial charge in [0, 0.05) is 24.6 Å². The minimum Gasteiger partial charge on any atom is -0.375 e. The van der Waals surface area contributed by atoms with Crippen molar-refractivity contribution in [2.45, 2.75) is 11.0 Å². The highest BCUT2D eigenvalue weighted by Crippen LogP contribution is 2.17. The average Bonchev–Trinajstić information content (AvgIpc) is 2.61. The van der Waals surface area contributed by atoms with Gasteiger partial charge in [-0.25, -0.2) is 4.39 Å². The van der Waals surface area contributed by atoms with Crippen molar-refractivity contribution in [3.05, 3.63) is 71.6 Å². The zero-order valence-corrected chi connectivity index (χ0v) is 14.5. The number of benzene rings is 2. The van der Waals surface area contributed by atoms with E-state index in [9.17, 15) is 9.18 Å². The Morgan fingerprint density at radius 2 is 2.04 bits per heavy atom. The summed E-state index contributed by atoms with van der Waals surface area (Å²) in [5.41, 5.74) is 1.64. The Balaban J connectivity index is 1.90. The molecule has 0 fully saturated rings. The molecule has 0 aliphatic heterocycles. The van der Waals surface area contributed by atoms with E-state index in [1.165, 1.54) is 30.2 Å². The summed E-state index contributed by atoms with van der Waals surface area (Å²) in [6, 6.07) is 14.1. The largest absolute Gasteiger partial charge is 0.375 e. The number of hydrogen-bond donors (Lipinski definition) is 1. The van der Waals surface area contributed by atoms with Gasteiger partial charge in [0.05, 0.1) is 6.10 Å². The summed E-state index contributed by atoms with van der Waals surface area (Å²) >= 11 is 1.67. The molecule has 1 amide bonds. The van der Waals surface area contributed by atoms with Gasteiger partial charge < -0.3 is 10.1 Å². The Bertz CT molecular complexity index is 701. The van der Waals surface area contributed by atoms with Crippen molar-refractivity contribution in [1.29, 1.82) is 0 Å². The van der Waals surface area contributed by atoms with Gasteiger partial charge >= 0.3 is 0 Å². The molecular formula is C19H20FNO2S. The van der Waals surface area contributed by atoms with E-state index < -0.39 is 0 Å². The van der Waals surface area contributed by atoms with Crippen molar-refractivity contribution in [2.24, 2.45) is 0 Å². The molecule has 0 spiro atoms. The maximum absolute atomic E-state index is 13.3. The number of hydrogen-bond acceptors (Lipinski definition) is 3. The summed E-state index contributed by atoms with van der Waals surface area (Å²) in [5, 5.41) is 2.77. The van der Waals surface area contributed by atoms with Gasteiger partial charge in [0.2, 0.25) is 5.91 Å². The predicted octanol–water partition coefficient (Wildman–Crippen LogP) is 4.06. The topological polar surface area (TPSA) is 38.3 Å². The van der Waals surface area contributed by atoms with Crippen LogP contribution in [-0.4, -0.2) is 25.8 Å². The van der Waals surface area contributed by atoms with Gasteiger partial charge in [0.15, 0.2) is 0 Å². The lowest BCUT2D eigenvalue weighted by molar-refractivity contribution is -0.117. The molecule has 24 heavy (non-hydrogen) atoms. The van der Waals surface area contributed by atoms with Gasteiger partial charge in [0.25, 0.3) is 0 Å². The smallest absolute Gasteiger partial charge is 0.244 e. The SMILES string of the molecule is COC(CNC(=O)C=Cc1ccc(SC)cc1)c1cccc(F)c1. The molecule has 1 unspecified atom stereocenters. The quantitative estimate of drug-likeness (QED) is 0.607. The Hall–Kier alpha value is -2.11. The minimum absolute atomic E-state index is 0.220. The number of carbonyl (C=O) groups excluding carboxylic acids is 1. The molecule has 2 rings (SSSR count). The normalized spacial score (nSPS) is 12.3. The first kappa shape index (κ1) is 18.2. The van der Waals surface area contributed by atoms with E-state index in [-0.39, 0.29) is 24.4 Å². The zero-order valence-electron chi connectivity index (χ0n) is 13.7. The van der Waals surface area contributed by atoms with Crippen molar-refractivity contribution in [2.75, 3.05) is 19.9 Å². The number of carbonyl (C=O) groups is 1. The van der Waals surface area contributed by atoms with E-state index in [1.807, 2.05) is 30.5 Å². The van der Waals surface area contributed by atoms with Gasteiger partial charge in [-0.3, -0.25) is 4.79 Å². The fourth-order valence-electron chi connectivity index (χ4n) is 2.18. The summed E-state index contributed by atoms with van der Waals surface area (Å²) in [6.45, 7) is 0.272. The molecule has 1 N–H and O–H groups in total. The Morgan fingerprint density at radius 1 is 1.29 bits per heavy atom. The van der Waals surface area contributed by atoms with Gasteiger partial charge in [-0.15, -0.1) is 11.8 Å². The van der Waals surface area contributed by atoms with E-state index >= 15 is 0 Å². The van der Waals surface area contributed by atoms with Gasteiger partial charge in [-0.05, 0) is 47.7 Å². The molecule has 3 nitrogen and oxygen atoms in total. The summed E-state index contributed by atoms with van der Waals surface area (Å²) in [4.78, 5) is 13.1. The highest BCUT2D eigenvalue weighted by molar-refractivity contribution is 7.98. The molecule has 2 aromatic rings. The summed E-state index contributed by atoms with van der Waals surface area (Å²) in [7, 11) is 1.53. The third-order valence-electron chi connectivity index (χ3n) is 3.51. The molecule has 0 aromatic heterocycles. The van der Waals surface area contributed by atoms with E-state index in [0.29, 0.717) is 5.56 Å². The van der Waals surface area contributed by atoms with Crippen LogP contribution in [-0.2, 0) is 9.53 Å². The van der Waals surface area contributed by atoms with E-state index in [1.54, 1.807) is 30.0 Å². The van der Waals surface area contributed by atoms with E-state index in [0.717, 1.165) is 5.56 Å². The maximum atomic E-state index is 13.3. The lowest BCUT2D eigenvalue weighted by Gasteiger charge is -2.16. The van der Waals surface area contributed by atoms with Crippen LogP contribution >= 0.6 is 11.8 Å². The predicted molar refractivity (Wildman–Crippen MR) is 96.4 cm³/mol. The molecule has 5 heteroatoms. The summed E-state index contributed by atoms with van der Waals surface area (Å²) < 4.78 is 18.6. The highest BCUT2D eigenvalue weighted by atomic mass is 32.2. The molecule has 0 heterocycles. The number of nitrogens with one attached hydrogen (secondary N) is 1. The van der Waals surface area contributed by atoms with E-state index in [4.69, 9.17) is 4.74 Å². The van der Waals surface area contributed by atoms with Crippen molar-refractivity contribution in [3.8, 4) is 0 Å². The van der Waals surface area contributed by atoms with Gasteiger partial charge in [-0.2, -0.15) is 0 Å². The van der Waals surface area contributed by atoms with Crippen LogP contribution in [0.4, 0.5) is 4.39 Å². The molecule has 0 aliphatic rings. The summed E-state index contributed by atoms with van der Waals surface area (Å²) in [5.74, 6) is -0.545. The van der Waals surface area contributed by atoms with Crippen molar-refractivity contribution >= 4 is 23.7 Å². The monoisotopic (exact) mass is 345 g/mol. The lowest BCUT2D eigenvalue weighted by Crippen LogP contribution is -2.27. The van der Waals surface area contributed by atoms with Gasteiger partial charge in [0.1, 0.15) is 5.82 Å². The molecule has 0 saturated heterocycles. The van der Waals surface area contributed by atoms with Crippen LogP contribution in [0, 0.1) is 5.82 Å². The van der Waals surface area contributed by atoms with Crippen molar-refractivity contribution < 1.29 is 13.9 Å². The molecule has 0 radical (unpaired) electrons. The molecule has 2 aromatic carbocycles. The third-order valence-corrected chi connectivity index (χ3v) is 4.25. The highest BCUT2D eigenvalue weighted by Gasteiger charge is 2.11. The fourth-order valence-corrected chi connectivity index (χ4v) is 2.59. The number of methoxy groups -OCH3 is 1. The molecule has 0 bridgehead atoms. The third kappa shape index (κ3) is 5.51. The second-order valence-corrected chi connectivity index (χ2v) is 6.01. The first-order valence-electron chi connectivity index (χ1n) is 7.50. The number of thioether (sulfide) groups is 1. The number of rotatable bonds is 7. The fraction of sp³-hybridized carbons (Fsp3) is 0.211. The molecule has 1 atom stereocenters. The van der Waals surface area contributed by atoms with Crippen molar-refractivity contribution in [1.82, 2.24) is 5.32 Å². The van der Waals surface area contributed by atoms with Crippen LogP contribution in [0.3, 0.4) is 0 Å². The number of ether oxygens (including phenoxy) is 1. The summed E-state index contributed by atoms with van der Waals surface area (Å²) in [6.07, 6.45) is 4.86. The van der Waals surface area contributed by atoms with Crippen LogP contribution < -0.4 is 5.32 Å². The number of amides is 1. The van der Waals surface area contributed by atoms with Crippen LogP contribution in [0.15, 0.2) is 59.5 Å². The average molecular weight is 345 g/mol. The van der Waals surface area contributed by atoms with E-state index in [2.05, 4.69) is 5.32 Å². The van der Waals surface area contributed by atoms with Crippen LogP contribution in [0.25, 0.3) is 6.08 Å². The van der Waals surface area contributed by atoms with Crippen molar-refractivity contribution in [3.63, 3.8) is 0 Å². The molecule has 0 saturated carbocycles. The number of halogens is 1. The van der Waals surface area contributed by atoms with Crippen LogP contribution in [0.1, 0.15) is 17.2 Å². The molecule has 0 aliphatic carbocycles. The Labute approximate surface area is 145 Å². The second-order valence-electron chi connectivity index (χ2n) is 5.13. The Morgan fingerprint density at radius 3 is 2.67 bits per heavy atom. The standard InChI is InChI=1S/C19H20FNO2S/c1-23-18(15-4-3-5-16(20)12-15)13-21-19(22)11-8-14-6-9-17(24-2)10-7-14/h3-12,18H,13H2,1-2H3,(H,21,22).